The molecule has 0 aromatic rings. The highest BCUT2D eigenvalue weighted by molar-refractivity contribution is 5.93. The Kier molecular flexibility index (Phi) is 6.60. The summed E-state index contributed by atoms with van der Waals surface area (Å²) >= 11 is 0. The van der Waals surface area contributed by atoms with Crippen molar-refractivity contribution in [3.05, 3.63) is 0 Å². The summed E-state index contributed by atoms with van der Waals surface area (Å²) in [4.78, 5) is 38.6. The van der Waals surface area contributed by atoms with E-state index in [0.29, 0.717) is 13.0 Å². The van der Waals surface area contributed by atoms with Gasteiger partial charge >= 0.3 is 0 Å². The third-order valence-corrected chi connectivity index (χ3v) is 5.38. The van der Waals surface area contributed by atoms with Crippen LogP contribution in [0.4, 0.5) is 0 Å². The standard InChI is InChI=1S/C17H30N4O3/c1-11(19-2)16(23)20-14(12-7-4-3-5-8-12)17(24)21-10-6-9-13(21)15(18)22/h11-14,19H,3-10H2,1-2H3,(H2,18,22)(H,20,23)/t11-,13-,14-/m0/s1. The molecular weight excluding hydrogens is 308 g/mol. The zero-order chi connectivity index (χ0) is 17.7. The zero-order valence-corrected chi connectivity index (χ0v) is 14.7. The molecule has 0 spiro atoms. The van der Waals surface area contributed by atoms with Gasteiger partial charge in [0.05, 0.1) is 6.04 Å². The van der Waals surface area contributed by atoms with Crippen LogP contribution in [0, 0.1) is 5.92 Å². The van der Waals surface area contributed by atoms with E-state index < -0.39 is 18.0 Å². The highest BCUT2D eigenvalue weighted by Crippen LogP contribution is 2.29. The van der Waals surface area contributed by atoms with Crippen molar-refractivity contribution in [2.45, 2.75) is 70.0 Å². The predicted molar refractivity (Wildman–Crippen MR) is 91.0 cm³/mol. The molecule has 0 bridgehead atoms. The number of carbonyl (C=O) groups is 3. The van der Waals surface area contributed by atoms with Crippen LogP contribution in [-0.4, -0.2) is 54.3 Å². The lowest BCUT2D eigenvalue weighted by Crippen LogP contribution is -2.57. The normalized spacial score (nSPS) is 24.4. The minimum Gasteiger partial charge on any atom is -0.368 e. The second-order valence-electron chi connectivity index (χ2n) is 6.99. The summed E-state index contributed by atoms with van der Waals surface area (Å²) in [6.07, 6.45) is 6.57. The van der Waals surface area contributed by atoms with E-state index >= 15 is 0 Å². The molecule has 4 N–H and O–H groups in total. The molecule has 1 aliphatic heterocycles. The summed E-state index contributed by atoms with van der Waals surface area (Å²) in [5, 5.41) is 5.83. The van der Waals surface area contributed by atoms with Crippen LogP contribution in [-0.2, 0) is 14.4 Å². The Morgan fingerprint density at radius 2 is 1.75 bits per heavy atom. The maximum atomic E-state index is 13.1. The van der Waals surface area contributed by atoms with E-state index in [4.69, 9.17) is 5.73 Å². The summed E-state index contributed by atoms with van der Waals surface area (Å²) in [7, 11) is 1.71. The van der Waals surface area contributed by atoms with Gasteiger partial charge in [0.15, 0.2) is 0 Å². The topological polar surface area (TPSA) is 105 Å². The van der Waals surface area contributed by atoms with Gasteiger partial charge in [0.2, 0.25) is 17.7 Å². The van der Waals surface area contributed by atoms with Gasteiger partial charge in [0.1, 0.15) is 12.1 Å². The van der Waals surface area contributed by atoms with Crippen LogP contribution >= 0.6 is 0 Å². The summed E-state index contributed by atoms with van der Waals surface area (Å²) in [5.41, 5.74) is 5.45. The maximum absolute atomic E-state index is 13.1. The van der Waals surface area contributed by atoms with Gasteiger partial charge in [-0.2, -0.15) is 0 Å². The van der Waals surface area contributed by atoms with Gasteiger partial charge in [-0.1, -0.05) is 19.3 Å². The third kappa shape index (κ3) is 4.26. The molecule has 7 nitrogen and oxygen atoms in total. The fraction of sp³-hybridized carbons (Fsp3) is 0.824. The minimum atomic E-state index is -0.562. The highest BCUT2D eigenvalue weighted by atomic mass is 16.2. The first kappa shape index (κ1) is 18.7. The first-order chi connectivity index (χ1) is 11.5. The summed E-state index contributed by atoms with van der Waals surface area (Å²) in [6, 6.07) is -1.47. The largest absolute Gasteiger partial charge is 0.368 e. The second kappa shape index (κ2) is 8.46. The van der Waals surface area contributed by atoms with Gasteiger partial charge in [-0.25, -0.2) is 0 Å². The van der Waals surface area contributed by atoms with E-state index in [9.17, 15) is 14.4 Å². The van der Waals surface area contributed by atoms with Crippen molar-refractivity contribution in [3.8, 4) is 0 Å². The molecule has 1 aliphatic carbocycles. The van der Waals surface area contributed by atoms with E-state index in [1.807, 2.05) is 0 Å². The Bertz CT molecular complexity index is 476. The SMILES string of the molecule is CN[C@@H](C)C(=O)N[C@H](C(=O)N1CCC[C@H]1C(N)=O)C1CCCCC1. The van der Waals surface area contributed by atoms with E-state index in [1.165, 1.54) is 6.42 Å². The average Bonchev–Trinajstić information content (AvgIpc) is 3.09. The zero-order valence-electron chi connectivity index (χ0n) is 14.7. The van der Waals surface area contributed by atoms with Crippen LogP contribution < -0.4 is 16.4 Å². The Hall–Kier alpha value is -1.63. The van der Waals surface area contributed by atoms with Crippen LogP contribution in [0.2, 0.25) is 0 Å². The van der Waals surface area contributed by atoms with E-state index in [-0.39, 0.29) is 23.8 Å². The molecule has 3 atom stereocenters. The van der Waals surface area contributed by atoms with Crippen LogP contribution in [0.5, 0.6) is 0 Å². The first-order valence-corrected chi connectivity index (χ1v) is 9.03. The molecule has 1 saturated heterocycles. The molecule has 2 aliphatic rings. The van der Waals surface area contributed by atoms with Crippen molar-refractivity contribution in [3.63, 3.8) is 0 Å². The van der Waals surface area contributed by atoms with Crippen molar-refractivity contribution in [2.75, 3.05) is 13.6 Å². The molecule has 0 aromatic carbocycles. The molecule has 2 fully saturated rings. The molecule has 136 valence electrons. The molecule has 0 radical (unpaired) electrons. The fourth-order valence-corrected chi connectivity index (χ4v) is 3.76. The number of likely N-dealkylation sites (tertiary alicyclic amines) is 1. The lowest BCUT2D eigenvalue weighted by atomic mass is 9.83. The second-order valence-corrected chi connectivity index (χ2v) is 6.99. The first-order valence-electron chi connectivity index (χ1n) is 9.03. The van der Waals surface area contributed by atoms with Gasteiger partial charge in [-0.15, -0.1) is 0 Å². The highest BCUT2D eigenvalue weighted by Gasteiger charge is 2.40. The van der Waals surface area contributed by atoms with E-state index in [2.05, 4.69) is 10.6 Å². The molecule has 1 heterocycles. The van der Waals surface area contributed by atoms with Gasteiger partial charge in [-0.3, -0.25) is 14.4 Å². The average molecular weight is 338 g/mol. The number of hydrogen-bond acceptors (Lipinski definition) is 4. The van der Waals surface area contributed by atoms with Crippen molar-refractivity contribution >= 4 is 17.7 Å². The lowest BCUT2D eigenvalue weighted by Gasteiger charge is -2.34. The predicted octanol–water partition coefficient (Wildman–Crippen LogP) is 0.136. The molecule has 1 saturated carbocycles. The van der Waals surface area contributed by atoms with Crippen LogP contribution in [0.3, 0.4) is 0 Å². The summed E-state index contributed by atoms with van der Waals surface area (Å²) in [5.74, 6) is -0.664. The van der Waals surface area contributed by atoms with Crippen LogP contribution in [0.1, 0.15) is 51.9 Å². The maximum Gasteiger partial charge on any atom is 0.246 e. The van der Waals surface area contributed by atoms with Crippen molar-refractivity contribution in [1.82, 2.24) is 15.5 Å². The summed E-state index contributed by atoms with van der Waals surface area (Å²) in [6.45, 7) is 2.30. The Morgan fingerprint density at radius 1 is 1.08 bits per heavy atom. The van der Waals surface area contributed by atoms with Gasteiger partial charge in [-0.05, 0) is 45.6 Å². The van der Waals surface area contributed by atoms with Crippen LogP contribution in [0.25, 0.3) is 0 Å². The van der Waals surface area contributed by atoms with Gasteiger partial charge < -0.3 is 21.3 Å². The number of amides is 3. The lowest BCUT2D eigenvalue weighted by molar-refractivity contribution is -0.142. The fourth-order valence-electron chi connectivity index (χ4n) is 3.76. The molecular formula is C17H30N4O3. The molecule has 7 heteroatoms. The number of primary amides is 1. The number of carbonyl (C=O) groups excluding carboxylic acids is 3. The van der Waals surface area contributed by atoms with E-state index in [0.717, 1.165) is 32.1 Å². The number of nitrogens with one attached hydrogen (secondary N) is 2. The Morgan fingerprint density at radius 3 is 2.33 bits per heavy atom. The molecule has 0 unspecified atom stereocenters. The van der Waals surface area contributed by atoms with Crippen molar-refractivity contribution in [1.29, 1.82) is 0 Å². The number of nitrogens with zero attached hydrogens (tertiary/aromatic N) is 1. The molecule has 24 heavy (non-hydrogen) atoms. The summed E-state index contributed by atoms with van der Waals surface area (Å²) < 4.78 is 0. The number of hydrogen-bond donors (Lipinski definition) is 3. The van der Waals surface area contributed by atoms with E-state index in [1.54, 1.807) is 18.9 Å². The van der Waals surface area contributed by atoms with Crippen LogP contribution in [0.15, 0.2) is 0 Å². The molecule has 2 rings (SSSR count). The van der Waals surface area contributed by atoms with Gasteiger partial charge in [0, 0.05) is 6.54 Å². The molecule has 3 amide bonds. The van der Waals surface area contributed by atoms with Crippen molar-refractivity contribution in [2.24, 2.45) is 11.7 Å². The number of likely N-dealkylation sites (N-methyl/N-ethyl adjacent to an activating group) is 1. The number of rotatable bonds is 6. The Labute approximate surface area is 143 Å². The minimum absolute atomic E-state index is 0.133. The number of nitrogens with two attached hydrogens (primary N) is 1. The Balaban J connectivity index is 2.15. The third-order valence-electron chi connectivity index (χ3n) is 5.38. The van der Waals surface area contributed by atoms with Gasteiger partial charge in [0.25, 0.3) is 0 Å². The monoisotopic (exact) mass is 338 g/mol. The van der Waals surface area contributed by atoms with Crippen molar-refractivity contribution < 1.29 is 14.4 Å². The molecule has 0 aromatic heterocycles. The quantitative estimate of drug-likeness (QED) is 0.640. The smallest absolute Gasteiger partial charge is 0.246 e.